The third kappa shape index (κ3) is 3.57. The first kappa shape index (κ1) is 14.5. The van der Waals surface area contributed by atoms with Gasteiger partial charge in [0, 0.05) is 11.8 Å². The normalized spacial score (nSPS) is 11.5. The van der Waals surface area contributed by atoms with Gasteiger partial charge in [0.2, 0.25) is 0 Å². The standard InChI is InChI=1S/C12H6ClF5N2/c13-10-1-6(12(16,17)18)2-11(20-10)19-9-4-7(14)3-8(15)5-9/h1-5H,(H,19,20). The van der Waals surface area contributed by atoms with Gasteiger partial charge in [-0.1, -0.05) is 11.6 Å². The molecule has 0 fully saturated rings. The maximum atomic E-state index is 13.0. The predicted molar refractivity (Wildman–Crippen MR) is 63.9 cm³/mol. The summed E-state index contributed by atoms with van der Waals surface area (Å²) in [6.07, 6.45) is -4.60. The van der Waals surface area contributed by atoms with Crippen LogP contribution in [0.1, 0.15) is 5.56 Å². The van der Waals surface area contributed by atoms with Gasteiger partial charge in [-0.3, -0.25) is 0 Å². The summed E-state index contributed by atoms with van der Waals surface area (Å²) in [5.74, 6) is -2.01. The quantitative estimate of drug-likeness (QED) is 0.638. The van der Waals surface area contributed by atoms with Crippen LogP contribution in [0.4, 0.5) is 33.5 Å². The summed E-state index contributed by atoms with van der Waals surface area (Å²) < 4.78 is 63.7. The molecule has 0 aliphatic heterocycles. The zero-order valence-corrected chi connectivity index (χ0v) is 10.4. The van der Waals surface area contributed by atoms with Crippen molar-refractivity contribution in [2.75, 3.05) is 5.32 Å². The van der Waals surface area contributed by atoms with E-state index in [1.807, 2.05) is 0 Å². The molecule has 0 saturated heterocycles. The second-order valence-electron chi connectivity index (χ2n) is 3.84. The Morgan fingerprint density at radius 2 is 1.55 bits per heavy atom. The van der Waals surface area contributed by atoms with Gasteiger partial charge < -0.3 is 5.32 Å². The summed E-state index contributed by atoms with van der Waals surface area (Å²) >= 11 is 5.49. The molecule has 1 heterocycles. The van der Waals surface area contributed by atoms with Crippen molar-refractivity contribution in [3.8, 4) is 0 Å². The molecule has 0 aliphatic carbocycles. The molecule has 1 aromatic heterocycles. The Labute approximate surface area is 115 Å². The summed E-state index contributed by atoms with van der Waals surface area (Å²) in [4.78, 5) is 3.61. The molecule has 0 spiro atoms. The van der Waals surface area contributed by atoms with Crippen LogP contribution in [0.15, 0.2) is 30.3 Å². The van der Waals surface area contributed by atoms with Gasteiger partial charge in [-0.05, 0) is 24.3 Å². The minimum absolute atomic E-state index is 0.0783. The average molecular weight is 309 g/mol. The highest BCUT2D eigenvalue weighted by Gasteiger charge is 2.31. The number of hydrogen-bond acceptors (Lipinski definition) is 2. The van der Waals surface area contributed by atoms with Crippen molar-refractivity contribution in [3.63, 3.8) is 0 Å². The van der Waals surface area contributed by atoms with Crippen LogP contribution in [0.2, 0.25) is 5.15 Å². The van der Waals surface area contributed by atoms with Crippen LogP contribution in [0, 0.1) is 11.6 Å². The molecular formula is C12H6ClF5N2. The maximum absolute atomic E-state index is 13.0. The van der Waals surface area contributed by atoms with E-state index >= 15 is 0 Å². The van der Waals surface area contributed by atoms with Crippen molar-refractivity contribution in [1.29, 1.82) is 0 Å². The van der Waals surface area contributed by atoms with Crippen LogP contribution >= 0.6 is 11.6 Å². The van der Waals surface area contributed by atoms with Crippen LogP contribution in [0.5, 0.6) is 0 Å². The van der Waals surface area contributed by atoms with Crippen molar-refractivity contribution in [3.05, 3.63) is 52.7 Å². The lowest BCUT2D eigenvalue weighted by Crippen LogP contribution is -2.07. The Balaban J connectivity index is 2.36. The molecule has 0 unspecified atom stereocenters. The lowest BCUT2D eigenvalue weighted by Gasteiger charge is -2.11. The van der Waals surface area contributed by atoms with Crippen molar-refractivity contribution in [2.45, 2.75) is 6.18 Å². The Morgan fingerprint density at radius 1 is 0.950 bits per heavy atom. The molecular weight excluding hydrogens is 303 g/mol. The summed E-state index contributed by atoms with van der Waals surface area (Å²) in [7, 11) is 0. The lowest BCUT2D eigenvalue weighted by atomic mass is 10.2. The minimum Gasteiger partial charge on any atom is -0.340 e. The molecule has 0 saturated carbocycles. The molecule has 0 amide bonds. The Bertz CT molecular complexity index is 622. The Morgan fingerprint density at radius 3 is 2.10 bits per heavy atom. The van der Waals surface area contributed by atoms with E-state index in [1.165, 1.54) is 0 Å². The van der Waals surface area contributed by atoms with E-state index in [0.29, 0.717) is 18.2 Å². The van der Waals surface area contributed by atoms with E-state index in [4.69, 9.17) is 11.6 Å². The number of rotatable bonds is 2. The highest BCUT2D eigenvalue weighted by atomic mass is 35.5. The first-order valence-electron chi connectivity index (χ1n) is 5.22. The summed E-state index contributed by atoms with van der Waals surface area (Å²) in [6.45, 7) is 0. The third-order valence-electron chi connectivity index (χ3n) is 2.26. The van der Waals surface area contributed by atoms with Gasteiger partial charge >= 0.3 is 6.18 Å². The maximum Gasteiger partial charge on any atom is 0.416 e. The van der Waals surface area contributed by atoms with E-state index in [2.05, 4.69) is 10.3 Å². The monoisotopic (exact) mass is 308 g/mol. The van der Waals surface area contributed by atoms with E-state index in [9.17, 15) is 22.0 Å². The van der Waals surface area contributed by atoms with Crippen LogP contribution < -0.4 is 5.32 Å². The topological polar surface area (TPSA) is 24.9 Å². The fourth-order valence-corrected chi connectivity index (χ4v) is 1.71. The molecule has 1 N–H and O–H groups in total. The number of pyridine rings is 1. The average Bonchev–Trinajstić information content (AvgIpc) is 2.25. The Kier molecular flexibility index (Phi) is 3.80. The fraction of sp³-hybridized carbons (Fsp3) is 0.0833. The molecule has 2 rings (SSSR count). The molecule has 1 aromatic carbocycles. The highest BCUT2D eigenvalue weighted by molar-refractivity contribution is 6.29. The highest BCUT2D eigenvalue weighted by Crippen LogP contribution is 2.32. The largest absolute Gasteiger partial charge is 0.416 e. The van der Waals surface area contributed by atoms with Crippen LogP contribution in [0.25, 0.3) is 0 Å². The van der Waals surface area contributed by atoms with Gasteiger partial charge in [0.1, 0.15) is 22.6 Å². The van der Waals surface area contributed by atoms with E-state index in [1.54, 1.807) is 0 Å². The van der Waals surface area contributed by atoms with Gasteiger partial charge in [0.15, 0.2) is 0 Å². The number of halogens is 6. The molecule has 106 valence electrons. The van der Waals surface area contributed by atoms with Crippen molar-refractivity contribution in [1.82, 2.24) is 4.98 Å². The molecule has 2 aromatic rings. The van der Waals surface area contributed by atoms with Crippen molar-refractivity contribution < 1.29 is 22.0 Å². The summed E-state index contributed by atoms with van der Waals surface area (Å²) in [6, 6.07) is 3.81. The molecule has 8 heteroatoms. The third-order valence-corrected chi connectivity index (χ3v) is 2.45. The summed E-state index contributed by atoms with van der Waals surface area (Å²) in [5, 5.41) is 1.97. The number of nitrogens with zero attached hydrogens (tertiary/aromatic N) is 1. The van der Waals surface area contributed by atoms with Gasteiger partial charge in [0.25, 0.3) is 0 Å². The number of benzene rings is 1. The minimum atomic E-state index is -4.60. The van der Waals surface area contributed by atoms with Gasteiger partial charge in [0.05, 0.1) is 5.56 Å². The second-order valence-corrected chi connectivity index (χ2v) is 4.23. The number of aromatic nitrogens is 1. The van der Waals surface area contributed by atoms with Gasteiger partial charge in [-0.2, -0.15) is 13.2 Å². The molecule has 0 atom stereocenters. The van der Waals surface area contributed by atoms with Crippen molar-refractivity contribution in [2.24, 2.45) is 0 Å². The second kappa shape index (κ2) is 5.24. The SMILES string of the molecule is Fc1cc(F)cc(Nc2cc(C(F)(F)F)cc(Cl)n2)c1. The predicted octanol–water partition coefficient (Wildman–Crippen LogP) is 4.78. The zero-order valence-electron chi connectivity index (χ0n) is 9.60. The molecule has 0 bridgehead atoms. The van der Waals surface area contributed by atoms with E-state index in [0.717, 1.165) is 12.1 Å². The van der Waals surface area contributed by atoms with Gasteiger partial charge in [-0.15, -0.1) is 0 Å². The lowest BCUT2D eigenvalue weighted by molar-refractivity contribution is -0.137. The van der Waals surface area contributed by atoms with Gasteiger partial charge in [-0.25, -0.2) is 13.8 Å². The zero-order chi connectivity index (χ0) is 14.9. The van der Waals surface area contributed by atoms with E-state index < -0.39 is 23.4 Å². The molecule has 0 aliphatic rings. The van der Waals surface area contributed by atoms with E-state index in [-0.39, 0.29) is 16.7 Å². The fourth-order valence-electron chi connectivity index (χ4n) is 1.50. The van der Waals surface area contributed by atoms with Crippen LogP contribution in [-0.2, 0) is 6.18 Å². The van der Waals surface area contributed by atoms with Crippen LogP contribution in [0.3, 0.4) is 0 Å². The number of hydrogen-bond donors (Lipinski definition) is 1. The number of alkyl halides is 3. The first-order valence-corrected chi connectivity index (χ1v) is 5.60. The summed E-state index contributed by atoms with van der Waals surface area (Å²) in [5.41, 5.74) is -1.10. The van der Waals surface area contributed by atoms with Crippen molar-refractivity contribution >= 4 is 23.1 Å². The number of nitrogens with one attached hydrogen (secondary N) is 1. The molecule has 2 nitrogen and oxygen atoms in total. The molecule has 20 heavy (non-hydrogen) atoms. The number of anilines is 2. The Hall–Kier alpha value is -1.89. The van der Waals surface area contributed by atoms with Crippen LogP contribution in [-0.4, -0.2) is 4.98 Å². The smallest absolute Gasteiger partial charge is 0.340 e. The molecule has 0 radical (unpaired) electrons. The first-order chi connectivity index (χ1) is 9.24.